The van der Waals surface area contributed by atoms with Crippen LogP contribution in [0.15, 0.2) is 36.4 Å². The smallest absolute Gasteiger partial charge is 0.255 e. The summed E-state index contributed by atoms with van der Waals surface area (Å²) in [5.41, 5.74) is 3.43. The molecule has 3 nitrogen and oxygen atoms in total. The van der Waals surface area contributed by atoms with Crippen molar-refractivity contribution in [1.82, 2.24) is 0 Å². The maximum atomic E-state index is 13.7. The molecule has 20 heavy (non-hydrogen) atoms. The molecule has 2 rings (SSSR count). The molecule has 0 unspecified atom stereocenters. The van der Waals surface area contributed by atoms with Gasteiger partial charge in [0.15, 0.2) is 0 Å². The number of carbonyl (C=O) groups is 1. The van der Waals surface area contributed by atoms with Gasteiger partial charge in [-0.05, 0) is 55.3 Å². The number of anilines is 2. The Morgan fingerprint density at radius 1 is 1.05 bits per heavy atom. The molecular formula is C16H17FN2O. The van der Waals surface area contributed by atoms with Crippen molar-refractivity contribution in [2.45, 2.75) is 13.8 Å². The van der Waals surface area contributed by atoms with Crippen molar-refractivity contribution < 1.29 is 9.18 Å². The van der Waals surface area contributed by atoms with E-state index >= 15 is 0 Å². The van der Waals surface area contributed by atoms with Gasteiger partial charge in [0.2, 0.25) is 0 Å². The minimum absolute atomic E-state index is 0.191. The fourth-order valence-corrected chi connectivity index (χ4v) is 2.00. The second-order valence-electron chi connectivity index (χ2n) is 4.72. The number of aryl methyl sites for hydroxylation is 2. The second kappa shape index (κ2) is 5.74. The molecular weight excluding hydrogens is 255 g/mol. The number of hydrogen-bond donors (Lipinski definition) is 2. The molecule has 0 aliphatic carbocycles. The molecule has 0 atom stereocenters. The summed E-state index contributed by atoms with van der Waals surface area (Å²) in [6.07, 6.45) is 0. The highest BCUT2D eigenvalue weighted by Crippen LogP contribution is 2.19. The third-order valence-corrected chi connectivity index (χ3v) is 3.13. The first-order valence-electron chi connectivity index (χ1n) is 6.37. The lowest BCUT2D eigenvalue weighted by molar-refractivity contribution is 0.102. The maximum absolute atomic E-state index is 13.7. The Labute approximate surface area is 117 Å². The predicted octanol–water partition coefficient (Wildman–Crippen LogP) is 3.74. The second-order valence-corrected chi connectivity index (χ2v) is 4.72. The molecule has 2 aromatic carbocycles. The zero-order valence-electron chi connectivity index (χ0n) is 11.8. The fourth-order valence-electron chi connectivity index (χ4n) is 2.00. The molecule has 4 heteroatoms. The number of halogens is 1. The summed E-state index contributed by atoms with van der Waals surface area (Å²) in [4.78, 5) is 12.1. The van der Waals surface area contributed by atoms with Gasteiger partial charge in [-0.2, -0.15) is 0 Å². The Kier molecular flexibility index (Phi) is 4.03. The number of hydrogen-bond acceptors (Lipinski definition) is 2. The molecule has 2 aromatic rings. The van der Waals surface area contributed by atoms with Crippen LogP contribution in [0.25, 0.3) is 0 Å². The van der Waals surface area contributed by atoms with Crippen molar-refractivity contribution >= 4 is 17.3 Å². The Morgan fingerprint density at radius 3 is 2.35 bits per heavy atom. The molecule has 0 radical (unpaired) electrons. The van der Waals surface area contributed by atoms with Gasteiger partial charge in [0.25, 0.3) is 5.91 Å². The van der Waals surface area contributed by atoms with Gasteiger partial charge in [-0.3, -0.25) is 4.79 Å². The lowest BCUT2D eigenvalue weighted by Crippen LogP contribution is -2.13. The van der Waals surface area contributed by atoms with Crippen molar-refractivity contribution in [2.24, 2.45) is 0 Å². The number of nitrogens with one attached hydrogen (secondary N) is 2. The van der Waals surface area contributed by atoms with E-state index < -0.39 is 5.82 Å². The molecule has 0 fully saturated rings. The molecule has 2 N–H and O–H groups in total. The standard InChI is InChI=1S/C16H17FN2O/c1-10-4-6-15(13(17)8-10)19-16(20)12-5-7-14(18-3)11(2)9-12/h4-9,18H,1-3H3,(H,19,20). The zero-order chi connectivity index (χ0) is 14.7. The predicted molar refractivity (Wildman–Crippen MR) is 79.8 cm³/mol. The minimum Gasteiger partial charge on any atom is -0.388 e. The normalized spacial score (nSPS) is 10.2. The molecule has 1 amide bonds. The van der Waals surface area contributed by atoms with E-state index in [0.29, 0.717) is 5.56 Å². The Hall–Kier alpha value is -2.36. The molecule has 0 saturated carbocycles. The molecule has 0 aliphatic rings. The van der Waals surface area contributed by atoms with Gasteiger partial charge < -0.3 is 10.6 Å². The minimum atomic E-state index is -0.429. The zero-order valence-corrected chi connectivity index (χ0v) is 11.8. The third-order valence-electron chi connectivity index (χ3n) is 3.13. The lowest BCUT2D eigenvalue weighted by atomic mass is 10.1. The summed E-state index contributed by atoms with van der Waals surface area (Å²) in [5.74, 6) is -0.750. The van der Waals surface area contributed by atoms with Crippen molar-refractivity contribution in [1.29, 1.82) is 0 Å². The number of rotatable bonds is 3. The topological polar surface area (TPSA) is 41.1 Å². The lowest BCUT2D eigenvalue weighted by Gasteiger charge is -2.10. The average molecular weight is 272 g/mol. The van der Waals surface area contributed by atoms with E-state index in [1.807, 2.05) is 20.0 Å². The molecule has 0 heterocycles. The van der Waals surface area contributed by atoms with Gasteiger partial charge in [0, 0.05) is 18.3 Å². The van der Waals surface area contributed by atoms with Crippen LogP contribution in [-0.2, 0) is 0 Å². The van der Waals surface area contributed by atoms with E-state index in [2.05, 4.69) is 10.6 Å². The molecule has 0 aromatic heterocycles. The van der Waals surface area contributed by atoms with E-state index in [-0.39, 0.29) is 11.6 Å². The largest absolute Gasteiger partial charge is 0.388 e. The summed E-state index contributed by atoms with van der Waals surface area (Å²) in [5, 5.41) is 5.62. The molecule has 104 valence electrons. The fraction of sp³-hybridized carbons (Fsp3) is 0.188. The SMILES string of the molecule is CNc1ccc(C(=O)Nc2ccc(C)cc2F)cc1C. The van der Waals surface area contributed by atoms with E-state index in [1.54, 1.807) is 31.2 Å². The monoisotopic (exact) mass is 272 g/mol. The highest BCUT2D eigenvalue weighted by atomic mass is 19.1. The maximum Gasteiger partial charge on any atom is 0.255 e. The summed E-state index contributed by atoms with van der Waals surface area (Å²) in [7, 11) is 1.82. The van der Waals surface area contributed by atoms with Crippen LogP contribution < -0.4 is 10.6 Å². The van der Waals surface area contributed by atoms with Crippen molar-refractivity contribution in [3.8, 4) is 0 Å². The van der Waals surface area contributed by atoms with Crippen molar-refractivity contribution in [2.75, 3.05) is 17.7 Å². The number of carbonyl (C=O) groups excluding carboxylic acids is 1. The molecule has 0 aliphatic heterocycles. The summed E-state index contributed by atoms with van der Waals surface area (Å²) in [6, 6.07) is 10.0. The molecule has 0 bridgehead atoms. The van der Waals surface area contributed by atoms with Crippen molar-refractivity contribution in [3.63, 3.8) is 0 Å². The van der Waals surface area contributed by atoms with Gasteiger partial charge in [-0.1, -0.05) is 6.07 Å². The Morgan fingerprint density at radius 2 is 1.75 bits per heavy atom. The highest BCUT2D eigenvalue weighted by Gasteiger charge is 2.10. The van der Waals surface area contributed by atoms with Crippen LogP contribution in [0.5, 0.6) is 0 Å². The van der Waals surface area contributed by atoms with Gasteiger partial charge in [0.1, 0.15) is 5.82 Å². The van der Waals surface area contributed by atoms with Crippen LogP contribution in [0, 0.1) is 19.7 Å². The number of amides is 1. The summed E-state index contributed by atoms with van der Waals surface area (Å²) in [6.45, 7) is 3.71. The van der Waals surface area contributed by atoms with Crippen LogP contribution >= 0.6 is 0 Å². The molecule has 0 saturated heterocycles. The van der Waals surface area contributed by atoms with Gasteiger partial charge in [-0.25, -0.2) is 4.39 Å². The van der Waals surface area contributed by atoms with Crippen molar-refractivity contribution in [3.05, 3.63) is 58.9 Å². The van der Waals surface area contributed by atoms with Crippen LogP contribution in [-0.4, -0.2) is 13.0 Å². The van der Waals surface area contributed by atoms with Crippen LogP contribution in [0.3, 0.4) is 0 Å². The van der Waals surface area contributed by atoms with E-state index in [0.717, 1.165) is 16.8 Å². The van der Waals surface area contributed by atoms with Gasteiger partial charge >= 0.3 is 0 Å². The first kappa shape index (κ1) is 14.1. The quantitative estimate of drug-likeness (QED) is 0.893. The third kappa shape index (κ3) is 2.96. The first-order chi connectivity index (χ1) is 9.51. The first-order valence-corrected chi connectivity index (χ1v) is 6.37. The number of benzene rings is 2. The van der Waals surface area contributed by atoms with Gasteiger partial charge in [-0.15, -0.1) is 0 Å². The van der Waals surface area contributed by atoms with Gasteiger partial charge in [0.05, 0.1) is 5.69 Å². The summed E-state index contributed by atoms with van der Waals surface area (Å²) >= 11 is 0. The van der Waals surface area contributed by atoms with E-state index in [1.165, 1.54) is 6.07 Å². The van der Waals surface area contributed by atoms with Crippen LogP contribution in [0.2, 0.25) is 0 Å². The van der Waals surface area contributed by atoms with E-state index in [4.69, 9.17) is 0 Å². The Balaban J connectivity index is 2.21. The molecule has 0 spiro atoms. The highest BCUT2D eigenvalue weighted by molar-refractivity contribution is 6.04. The Bertz CT molecular complexity index is 653. The summed E-state index contributed by atoms with van der Waals surface area (Å²) < 4.78 is 13.7. The van der Waals surface area contributed by atoms with Crippen LogP contribution in [0.1, 0.15) is 21.5 Å². The average Bonchev–Trinajstić information content (AvgIpc) is 2.41. The van der Waals surface area contributed by atoms with E-state index in [9.17, 15) is 9.18 Å². The van der Waals surface area contributed by atoms with Crippen LogP contribution in [0.4, 0.5) is 15.8 Å².